The van der Waals surface area contributed by atoms with Crippen LogP contribution in [0.15, 0.2) is 12.2 Å². The fourth-order valence-corrected chi connectivity index (χ4v) is 5.79. The van der Waals surface area contributed by atoms with Crippen LogP contribution in [-0.4, -0.2) is 70.3 Å². The van der Waals surface area contributed by atoms with Gasteiger partial charge in [-0.3, -0.25) is 0 Å². The molecule has 0 heterocycles. The zero-order valence-electron chi connectivity index (χ0n) is 22.2. The van der Waals surface area contributed by atoms with E-state index >= 15 is 0 Å². The fourth-order valence-electron chi connectivity index (χ4n) is 5.79. The first-order valence-corrected chi connectivity index (χ1v) is 12.1. The van der Waals surface area contributed by atoms with E-state index in [0.29, 0.717) is 12.8 Å². The van der Waals surface area contributed by atoms with Crippen LogP contribution in [0.4, 0.5) is 26.3 Å². The smallest absolute Gasteiger partial charge is 0.428 e. The van der Waals surface area contributed by atoms with Gasteiger partial charge in [0.2, 0.25) is 0 Å². The highest BCUT2D eigenvalue weighted by molar-refractivity contribution is 5.87. The van der Waals surface area contributed by atoms with Crippen LogP contribution >= 0.6 is 0 Å². The van der Waals surface area contributed by atoms with Gasteiger partial charge >= 0.3 is 18.3 Å². The Hall–Kier alpha value is -1.37. The van der Waals surface area contributed by atoms with E-state index < -0.39 is 65.3 Å². The maximum atomic E-state index is 13.3. The van der Waals surface area contributed by atoms with E-state index in [0.717, 1.165) is 0 Å². The molecule has 6 nitrogen and oxygen atoms in total. The second-order valence-corrected chi connectivity index (χ2v) is 12.1. The molecular weight excluding hydrogens is 510 g/mol. The number of hydrogen-bond donors (Lipinski definition) is 2. The number of ether oxygens (including phenoxy) is 3. The molecule has 2 aliphatic rings. The van der Waals surface area contributed by atoms with Crippen LogP contribution in [0.25, 0.3) is 0 Å². The van der Waals surface area contributed by atoms with Crippen molar-refractivity contribution in [2.45, 2.75) is 102 Å². The lowest BCUT2D eigenvalue weighted by molar-refractivity contribution is -0.384. The second-order valence-electron chi connectivity index (χ2n) is 12.1. The van der Waals surface area contributed by atoms with E-state index in [-0.39, 0.29) is 24.0 Å². The Labute approximate surface area is 213 Å². The molecule has 2 bridgehead atoms. The molecule has 0 aliphatic heterocycles. The minimum atomic E-state index is -6.01. The van der Waals surface area contributed by atoms with Crippen LogP contribution in [0.3, 0.4) is 0 Å². The van der Waals surface area contributed by atoms with E-state index in [1.165, 1.54) is 34.6 Å². The first-order valence-electron chi connectivity index (χ1n) is 12.1. The molecule has 0 amide bonds. The van der Waals surface area contributed by atoms with Crippen molar-refractivity contribution in [3.8, 4) is 0 Å². The number of halogens is 6. The molecule has 2 rings (SSSR count). The molecule has 5 unspecified atom stereocenters. The van der Waals surface area contributed by atoms with Crippen LogP contribution in [0.5, 0.6) is 0 Å². The average molecular weight is 549 g/mol. The molecule has 37 heavy (non-hydrogen) atoms. The van der Waals surface area contributed by atoms with Gasteiger partial charge in [-0.1, -0.05) is 6.58 Å². The molecule has 2 N–H and O–H groups in total. The number of carbonyl (C=O) groups excluding carboxylic acids is 1. The van der Waals surface area contributed by atoms with Gasteiger partial charge in [0.25, 0.3) is 5.60 Å². The first-order chi connectivity index (χ1) is 16.3. The predicted octanol–water partition coefficient (Wildman–Crippen LogP) is 4.96. The largest absolute Gasteiger partial charge is 0.459 e. The quantitative estimate of drug-likeness (QED) is 0.228. The summed E-state index contributed by atoms with van der Waals surface area (Å²) in [7, 11) is 0. The van der Waals surface area contributed by atoms with E-state index in [4.69, 9.17) is 14.2 Å². The third-order valence-electron chi connectivity index (χ3n) is 7.54. The van der Waals surface area contributed by atoms with Crippen LogP contribution < -0.4 is 0 Å². The molecule has 0 spiro atoms. The highest BCUT2D eigenvalue weighted by Crippen LogP contribution is 2.61. The molecule has 0 saturated heterocycles. The molecule has 0 aromatic rings. The Bertz CT molecular complexity index is 843. The zero-order valence-corrected chi connectivity index (χ0v) is 22.2. The summed E-state index contributed by atoms with van der Waals surface area (Å²) in [6.45, 7) is 12.2. The number of esters is 1. The van der Waals surface area contributed by atoms with E-state index in [1.54, 1.807) is 13.8 Å². The third-order valence-corrected chi connectivity index (χ3v) is 7.54. The minimum Gasteiger partial charge on any atom is -0.459 e. The van der Waals surface area contributed by atoms with E-state index in [1.807, 2.05) is 0 Å². The van der Waals surface area contributed by atoms with Crippen LogP contribution in [-0.2, 0) is 19.0 Å². The lowest BCUT2D eigenvalue weighted by Crippen LogP contribution is -2.62. The van der Waals surface area contributed by atoms with Gasteiger partial charge in [-0.2, -0.15) is 26.3 Å². The molecule has 0 radical (unpaired) electrons. The number of aliphatic hydroxyl groups is 2. The summed E-state index contributed by atoms with van der Waals surface area (Å²) in [6, 6.07) is 0. The topological polar surface area (TPSA) is 85.2 Å². The highest BCUT2D eigenvalue weighted by Gasteiger charge is 2.71. The second kappa shape index (κ2) is 9.98. The fraction of sp³-hybridized carbons (Fsp3) is 0.880. The lowest BCUT2D eigenvalue weighted by Gasteiger charge is -2.50. The first kappa shape index (κ1) is 31.8. The zero-order chi connectivity index (χ0) is 29.0. The summed E-state index contributed by atoms with van der Waals surface area (Å²) in [5.74, 6) is -2.35. The van der Waals surface area contributed by atoms with Crippen LogP contribution in [0.2, 0.25) is 0 Å². The van der Waals surface area contributed by atoms with Gasteiger partial charge in [-0.05, 0) is 79.1 Å². The van der Waals surface area contributed by atoms with Crippen molar-refractivity contribution < 1.29 is 55.6 Å². The van der Waals surface area contributed by atoms with Gasteiger partial charge in [-0.15, -0.1) is 0 Å². The SMILES string of the molecule is C=C(C)C(=O)OC1CC2CC1C(C(C)(C)OCC(C)(C)O)C2C(C)(C)OCC(O)(C(F)(F)F)C(F)(F)F. The van der Waals surface area contributed by atoms with Crippen LogP contribution in [0.1, 0.15) is 61.3 Å². The Morgan fingerprint density at radius 1 is 0.838 bits per heavy atom. The van der Waals surface area contributed by atoms with Gasteiger partial charge in [0.15, 0.2) is 0 Å². The molecule has 0 aromatic heterocycles. The van der Waals surface area contributed by atoms with Crippen molar-refractivity contribution in [1.82, 2.24) is 0 Å². The van der Waals surface area contributed by atoms with Gasteiger partial charge in [0, 0.05) is 11.5 Å². The number of fused-ring (bicyclic) bond motifs is 2. The molecule has 2 aliphatic carbocycles. The summed E-state index contributed by atoms with van der Waals surface area (Å²) in [6.07, 6.45) is -11.8. The van der Waals surface area contributed by atoms with Crippen molar-refractivity contribution in [3.05, 3.63) is 12.2 Å². The Morgan fingerprint density at radius 3 is 1.73 bits per heavy atom. The van der Waals surface area contributed by atoms with Crippen molar-refractivity contribution >= 4 is 5.97 Å². The Kier molecular flexibility index (Phi) is 8.59. The number of carbonyl (C=O) groups is 1. The highest BCUT2D eigenvalue weighted by atomic mass is 19.4. The molecule has 5 atom stereocenters. The number of hydrogen-bond acceptors (Lipinski definition) is 6. The summed E-state index contributed by atoms with van der Waals surface area (Å²) in [4.78, 5) is 12.2. The molecule has 216 valence electrons. The van der Waals surface area contributed by atoms with E-state index in [9.17, 15) is 41.4 Å². The minimum absolute atomic E-state index is 0.0972. The van der Waals surface area contributed by atoms with Gasteiger partial charge in [-0.25, -0.2) is 4.79 Å². The predicted molar refractivity (Wildman–Crippen MR) is 121 cm³/mol. The van der Waals surface area contributed by atoms with E-state index in [2.05, 4.69) is 6.58 Å². The average Bonchev–Trinajstić information content (AvgIpc) is 3.27. The van der Waals surface area contributed by atoms with Crippen molar-refractivity contribution in [2.24, 2.45) is 23.7 Å². The van der Waals surface area contributed by atoms with Gasteiger partial charge < -0.3 is 24.4 Å². The molecule has 12 heteroatoms. The summed E-state index contributed by atoms with van der Waals surface area (Å²) < 4.78 is 96.6. The third kappa shape index (κ3) is 6.62. The Balaban J connectivity index is 2.41. The van der Waals surface area contributed by atoms with Crippen molar-refractivity contribution in [2.75, 3.05) is 13.2 Å². The van der Waals surface area contributed by atoms with Crippen molar-refractivity contribution in [1.29, 1.82) is 0 Å². The van der Waals surface area contributed by atoms with Crippen molar-refractivity contribution in [3.63, 3.8) is 0 Å². The molecule has 0 aromatic carbocycles. The maximum Gasteiger partial charge on any atom is 0.428 e. The monoisotopic (exact) mass is 548 g/mol. The maximum absolute atomic E-state index is 13.3. The Morgan fingerprint density at radius 2 is 1.30 bits per heavy atom. The number of alkyl halides is 6. The van der Waals surface area contributed by atoms with Crippen LogP contribution in [0, 0.1) is 23.7 Å². The molecular formula is C25H38F6O6. The molecule has 2 fully saturated rings. The normalized spacial score (nSPS) is 27.5. The van der Waals surface area contributed by atoms with Gasteiger partial charge in [0.1, 0.15) is 6.10 Å². The lowest BCUT2D eigenvalue weighted by atomic mass is 9.64. The molecule has 2 saturated carbocycles. The summed E-state index contributed by atoms with van der Waals surface area (Å²) >= 11 is 0. The summed E-state index contributed by atoms with van der Waals surface area (Å²) in [5.41, 5.74) is -8.67. The van der Waals surface area contributed by atoms with Gasteiger partial charge in [0.05, 0.1) is 30.0 Å². The number of rotatable bonds is 10. The summed E-state index contributed by atoms with van der Waals surface area (Å²) in [5, 5.41) is 19.8. The standard InChI is InChI=1S/C25H38F6O6/c1-13(2)19(32)37-16-10-14-9-15(16)18(22(7,8)35-11-20(3,4)33)17(14)21(5,6)36-12-23(34,24(26,27)28)25(29,30)31/h14-18,33-34H,1,9-12H2,2-8H3.